The van der Waals surface area contributed by atoms with Gasteiger partial charge in [0.2, 0.25) is 11.8 Å². The Balaban J connectivity index is 4.27. The van der Waals surface area contributed by atoms with E-state index in [2.05, 4.69) is 26.1 Å². The van der Waals surface area contributed by atoms with Gasteiger partial charge in [0.1, 0.15) is 0 Å². The second-order valence-corrected chi connectivity index (χ2v) is 6.92. The lowest BCUT2D eigenvalue weighted by molar-refractivity contribution is -0.134. The van der Waals surface area contributed by atoms with Crippen molar-refractivity contribution in [3.8, 4) is 0 Å². The first kappa shape index (κ1) is 16.9. The Morgan fingerprint density at radius 2 is 1.50 bits per heavy atom. The van der Waals surface area contributed by atoms with Crippen LogP contribution in [0, 0.1) is 10.8 Å². The molecule has 0 spiro atoms. The van der Waals surface area contributed by atoms with Crippen LogP contribution in [0.1, 0.15) is 47.5 Å². The number of rotatable bonds is 5. The average Bonchev–Trinajstić information content (AvgIpc) is 2.21. The lowest BCUT2D eigenvalue weighted by atomic mass is 9.79. The lowest BCUT2D eigenvalue weighted by Crippen LogP contribution is -2.42. The van der Waals surface area contributed by atoms with E-state index in [-0.39, 0.29) is 23.8 Å². The first-order chi connectivity index (χ1) is 7.96. The van der Waals surface area contributed by atoms with Crippen LogP contribution in [0.3, 0.4) is 0 Å². The molecule has 106 valence electrons. The van der Waals surface area contributed by atoms with Crippen LogP contribution in [-0.2, 0) is 9.59 Å². The molecule has 0 atom stereocenters. The first-order valence-electron chi connectivity index (χ1n) is 6.44. The van der Waals surface area contributed by atoms with E-state index in [1.54, 1.807) is 14.1 Å². The summed E-state index contributed by atoms with van der Waals surface area (Å²) >= 11 is 0. The van der Waals surface area contributed by atoms with E-state index < -0.39 is 5.41 Å². The van der Waals surface area contributed by atoms with E-state index in [0.717, 1.165) is 12.8 Å². The third-order valence-electron chi connectivity index (χ3n) is 3.01. The fourth-order valence-corrected chi connectivity index (χ4v) is 1.35. The molecule has 0 saturated heterocycles. The van der Waals surface area contributed by atoms with Gasteiger partial charge in [-0.25, -0.2) is 0 Å². The van der Waals surface area contributed by atoms with E-state index >= 15 is 0 Å². The maximum absolute atomic E-state index is 12.0. The highest BCUT2D eigenvalue weighted by atomic mass is 16.2. The molecule has 0 unspecified atom stereocenters. The van der Waals surface area contributed by atoms with Crippen LogP contribution >= 0.6 is 0 Å². The van der Waals surface area contributed by atoms with Crippen LogP contribution < -0.4 is 5.32 Å². The van der Waals surface area contributed by atoms with E-state index in [0.29, 0.717) is 0 Å². The number of amides is 2. The summed E-state index contributed by atoms with van der Waals surface area (Å²) in [5.41, 5.74) is -0.211. The molecule has 0 heterocycles. The predicted octanol–water partition coefficient (Wildman–Crippen LogP) is 2.04. The predicted molar refractivity (Wildman–Crippen MR) is 74.2 cm³/mol. The molecular weight excluding hydrogens is 228 g/mol. The SMILES string of the molecule is CN(C)C(=O)CNC(=O)C(C)(C)CCC(C)(C)C. The van der Waals surface area contributed by atoms with Crippen molar-refractivity contribution in [1.29, 1.82) is 0 Å². The number of nitrogens with one attached hydrogen (secondary N) is 1. The number of nitrogens with zero attached hydrogens (tertiary/aromatic N) is 1. The van der Waals surface area contributed by atoms with Crippen molar-refractivity contribution in [3.63, 3.8) is 0 Å². The monoisotopic (exact) mass is 256 g/mol. The van der Waals surface area contributed by atoms with Gasteiger partial charge in [-0.05, 0) is 18.3 Å². The first-order valence-corrected chi connectivity index (χ1v) is 6.44. The van der Waals surface area contributed by atoms with Gasteiger partial charge in [-0.2, -0.15) is 0 Å². The van der Waals surface area contributed by atoms with Crippen molar-refractivity contribution < 1.29 is 9.59 Å². The summed E-state index contributed by atoms with van der Waals surface area (Å²) in [6.45, 7) is 10.4. The highest BCUT2D eigenvalue weighted by Gasteiger charge is 2.29. The van der Waals surface area contributed by atoms with Crippen LogP contribution in [0.4, 0.5) is 0 Å². The van der Waals surface area contributed by atoms with Gasteiger partial charge in [-0.3, -0.25) is 9.59 Å². The van der Waals surface area contributed by atoms with Gasteiger partial charge < -0.3 is 10.2 Å². The number of hydrogen-bond donors (Lipinski definition) is 1. The molecule has 0 aromatic heterocycles. The zero-order valence-electron chi connectivity index (χ0n) is 12.9. The summed E-state index contributed by atoms with van der Waals surface area (Å²) in [6.07, 6.45) is 1.80. The van der Waals surface area contributed by atoms with Crippen LogP contribution in [-0.4, -0.2) is 37.4 Å². The Morgan fingerprint density at radius 3 is 1.89 bits per heavy atom. The van der Waals surface area contributed by atoms with E-state index in [9.17, 15) is 9.59 Å². The summed E-state index contributed by atoms with van der Waals surface area (Å²) in [5, 5.41) is 2.71. The minimum Gasteiger partial charge on any atom is -0.347 e. The molecule has 2 amide bonds. The molecule has 0 fully saturated rings. The van der Waals surface area contributed by atoms with Gasteiger partial charge in [0.05, 0.1) is 6.54 Å². The van der Waals surface area contributed by atoms with Crippen molar-refractivity contribution in [2.75, 3.05) is 20.6 Å². The second-order valence-electron chi connectivity index (χ2n) is 6.92. The van der Waals surface area contributed by atoms with Crippen molar-refractivity contribution in [2.24, 2.45) is 10.8 Å². The molecule has 0 aromatic rings. The van der Waals surface area contributed by atoms with Gasteiger partial charge in [0.25, 0.3) is 0 Å². The van der Waals surface area contributed by atoms with Gasteiger partial charge in [0, 0.05) is 19.5 Å². The lowest BCUT2D eigenvalue weighted by Gasteiger charge is -2.28. The second kappa shape index (κ2) is 6.21. The van der Waals surface area contributed by atoms with Gasteiger partial charge in [-0.15, -0.1) is 0 Å². The number of likely N-dealkylation sites (N-methyl/N-ethyl adjacent to an activating group) is 1. The van der Waals surface area contributed by atoms with E-state index in [1.165, 1.54) is 4.90 Å². The van der Waals surface area contributed by atoms with Gasteiger partial charge in [-0.1, -0.05) is 34.6 Å². The Labute approximate surface area is 111 Å². The van der Waals surface area contributed by atoms with Crippen LogP contribution in [0.2, 0.25) is 0 Å². The van der Waals surface area contributed by atoms with Crippen LogP contribution in [0.5, 0.6) is 0 Å². The fourth-order valence-electron chi connectivity index (χ4n) is 1.35. The van der Waals surface area contributed by atoms with Crippen molar-refractivity contribution in [2.45, 2.75) is 47.5 Å². The smallest absolute Gasteiger partial charge is 0.241 e. The molecule has 0 aliphatic rings. The molecule has 18 heavy (non-hydrogen) atoms. The molecule has 0 radical (unpaired) electrons. The minimum atomic E-state index is -0.431. The fraction of sp³-hybridized carbons (Fsp3) is 0.857. The largest absolute Gasteiger partial charge is 0.347 e. The molecule has 0 rings (SSSR count). The summed E-state index contributed by atoms with van der Waals surface area (Å²) < 4.78 is 0. The molecule has 0 aliphatic carbocycles. The zero-order valence-corrected chi connectivity index (χ0v) is 12.9. The molecule has 1 N–H and O–H groups in total. The molecule has 0 aliphatic heterocycles. The molecule has 0 bridgehead atoms. The Morgan fingerprint density at radius 1 is 1.00 bits per heavy atom. The highest BCUT2D eigenvalue weighted by molar-refractivity contribution is 5.87. The third kappa shape index (κ3) is 6.62. The Hall–Kier alpha value is -1.06. The minimum absolute atomic E-state index is 0.0537. The molecule has 0 saturated carbocycles. The number of carbonyl (C=O) groups is 2. The third-order valence-corrected chi connectivity index (χ3v) is 3.01. The topological polar surface area (TPSA) is 49.4 Å². The maximum Gasteiger partial charge on any atom is 0.241 e. The molecule has 4 heteroatoms. The zero-order chi connectivity index (χ0) is 14.6. The van der Waals surface area contributed by atoms with Crippen molar-refractivity contribution >= 4 is 11.8 Å². The summed E-state index contributed by atoms with van der Waals surface area (Å²) in [6, 6.07) is 0. The maximum atomic E-state index is 12.0. The van der Waals surface area contributed by atoms with Crippen LogP contribution in [0.15, 0.2) is 0 Å². The molecule has 4 nitrogen and oxygen atoms in total. The quantitative estimate of drug-likeness (QED) is 0.818. The van der Waals surface area contributed by atoms with Crippen molar-refractivity contribution in [3.05, 3.63) is 0 Å². The van der Waals surface area contributed by atoms with E-state index in [1.807, 2.05) is 13.8 Å². The summed E-state index contributed by atoms with van der Waals surface area (Å²) in [7, 11) is 3.36. The molecule has 0 aromatic carbocycles. The standard InChI is InChI=1S/C14H28N2O2/c1-13(2,3)8-9-14(4,5)12(18)15-10-11(17)16(6)7/h8-10H2,1-7H3,(H,15,18). The van der Waals surface area contributed by atoms with Gasteiger partial charge in [0.15, 0.2) is 0 Å². The number of carbonyl (C=O) groups excluding carboxylic acids is 2. The highest BCUT2D eigenvalue weighted by Crippen LogP contribution is 2.30. The summed E-state index contributed by atoms with van der Waals surface area (Å²) in [4.78, 5) is 24.9. The van der Waals surface area contributed by atoms with Crippen molar-refractivity contribution in [1.82, 2.24) is 10.2 Å². The normalized spacial score (nSPS) is 12.2. The Kier molecular flexibility index (Phi) is 5.84. The molecular formula is C14H28N2O2. The van der Waals surface area contributed by atoms with E-state index in [4.69, 9.17) is 0 Å². The van der Waals surface area contributed by atoms with Crippen LogP contribution in [0.25, 0.3) is 0 Å². The average molecular weight is 256 g/mol. The van der Waals surface area contributed by atoms with Gasteiger partial charge >= 0.3 is 0 Å². The summed E-state index contributed by atoms with van der Waals surface area (Å²) in [5.74, 6) is -0.142. The Bertz CT molecular complexity index is 301. The number of hydrogen-bond acceptors (Lipinski definition) is 2.